The van der Waals surface area contributed by atoms with Gasteiger partial charge in [0.05, 0.1) is 27.5 Å². The van der Waals surface area contributed by atoms with Crippen molar-refractivity contribution in [1.29, 1.82) is 0 Å². The molecule has 12 heteroatoms. The van der Waals surface area contributed by atoms with Crippen molar-refractivity contribution < 1.29 is 27.6 Å². The molecule has 0 spiro atoms. The van der Waals surface area contributed by atoms with Gasteiger partial charge in [0.2, 0.25) is 21.6 Å². The number of nitrogens with two attached hydrogens (primary N) is 1. The molecule has 0 bridgehead atoms. The Bertz CT molecular complexity index is 1150. The van der Waals surface area contributed by atoms with Gasteiger partial charge in [0.25, 0.3) is 0 Å². The van der Waals surface area contributed by atoms with Crippen molar-refractivity contribution in [3.63, 3.8) is 0 Å². The van der Waals surface area contributed by atoms with Gasteiger partial charge in [-0.05, 0) is 30.9 Å². The van der Waals surface area contributed by atoms with Crippen LogP contribution in [0, 0.1) is 16.0 Å². The van der Waals surface area contributed by atoms with Crippen molar-refractivity contribution in [1.82, 2.24) is 4.98 Å². The number of ether oxygens (including phenoxy) is 2. The maximum Gasteiger partial charge on any atom is 0.300 e. The zero-order chi connectivity index (χ0) is 22.2. The van der Waals surface area contributed by atoms with Gasteiger partial charge >= 0.3 is 5.69 Å². The fourth-order valence-corrected chi connectivity index (χ4v) is 5.20. The molecule has 1 saturated heterocycles. The molecule has 1 aromatic heterocycles. The molecule has 0 radical (unpaired) electrons. The number of carbonyl (C=O) groups excluding carboxylic acids is 1. The number of benzene rings is 1. The van der Waals surface area contributed by atoms with Crippen molar-refractivity contribution in [2.75, 3.05) is 25.1 Å². The van der Waals surface area contributed by atoms with Gasteiger partial charge in [-0.1, -0.05) is 12.1 Å². The summed E-state index contributed by atoms with van der Waals surface area (Å²) in [5, 5.41) is 14.3. The minimum absolute atomic E-state index is 0.0369. The van der Waals surface area contributed by atoms with E-state index in [0.29, 0.717) is 13.2 Å². The molecular formula is C19H20N4O7S. The highest BCUT2D eigenvalue weighted by Crippen LogP contribution is 2.40. The Hall–Kier alpha value is -3.25. The number of primary amides is 1. The van der Waals surface area contributed by atoms with Gasteiger partial charge in [0, 0.05) is 13.2 Å². The Morgan fingerprint density at radius 1 is 1.26 bits per heavy atom. The lowest BCUT2D eigenvalue weighted by Crippen LogP contribution is -2.41. The highest BCUT2D eigenvalue weighted by molar-refractivity contribution is 7.91. The summed E-state index contributed by atoms with van der Waals surface area (Å²) in [4.78, 5) is 26.4. The largest absolute Gasteiger partial charge is 0.474 e. The van der Waals surface area contributed by atoms with Gasteiger partial charge in [-0.25, -0.2) is 8.42 Å². The van der Waals surface area contributed by atoms with Crippen LogP contribution >= 0.6 is 0 Å². The number of rotatable bonds is 5. The van der Waals surface area contributed by atoms with Crippen LogP contribution in [0.1, 0.15) is 23.2 Å². The van der Waals surface area contributed by atoms with Gasteiger partial charge < -0.3 is 20.5 Å². The van der Waals surface area contributed by atoms with E-state index in [1.54, 1.807) is 0 Å². The fraction of sp³-hybridized carbons (Fsp3) is 0.368. The van der Waals surface area contributed by atoms with Crippen LogP contribution in [0.2, 0.25) is 0 Å². The number of anilines is 1. The number of aromatic nitrogens is 1. The van der Waals surface area contributed by atoms with Crippen LogP contribution in [-0.4, -0.2) is 50.1 Å². The first kappa shape index (κ1) is 21.0. The number of amides is 1. The van der Waals surface area contributed by atoms with Crippen LogP contribution in [-0.2, 0) is 14.6 Å². The number of hydrogen-bond acceptors (Lipinski definition) is 9. The van der Waals surface area contributed by atoms with Gasteiger partial charge in [-0.2, -0.15) is 4.98 Å². The first-order valence-electron chi connectivity index (χ1n) is 9.59. The number of nitro groups is 1. The van der Waals surface area contributed by atoms with E-state index in [0.717, 1.165) is 18.9 Å². The number of nitrogens with one attached hydrogen (secondary N) is 1. The molecule has 1 fully saturated rings. The van der Waals surface area contributed by atoms with Crippen LogP contribution in [0.3, 0.4) is 0 Å². The standard InChI is InChI=1S/C19H20N4O7S/c20-18(24)12-3-1-2-4-15(12)31(27,28)16-9-14(23(25)26)17-19(22-16)30-10-13(21-17)11-5-7-29-8-6-11/h1-4,9,11,13,21H,5-8,10H2,(H2,20,24)/t13-/m0/s1. The Kier molecular flexibility index (Phi) is 5.50. The summed E-state index contributed by atoms with van der Waals surface area (Å²) in [6.45, 7) is 1.39. The van der Waals surface area contributed by atoms with E-state index in [4.69, 9.17) is 15.2 Å². The van der Waals surface area contributed by atoms with Gasteiger partial charge in [0.15, 0.2) is 10.7 Å². The third kappa shape index (κ3) is 3.91. The molecule has 2 aliphatic heterocycles. The van der Waals surface area contributed by atoms with Gasteiger partial charge in [-0.3, -0.25) is 14.9 Å². The van der Waals surface area contributed by atoms with Crippen molar-refractivity contribution >= 4 is 27.1 Å². The van der Waals surface area contributed by atoms with Crippen LogP contribution < -0.4 is 15.8 Å². The van der Waals surface area contributed by atoms with Crippen molar-refractivity contribution in [3.05, 3.63) is 46.0 Å². The second-order valence-electron chi connectivity index (χ2n) is 7.29. The Morgan fingerprint density at radius 3 is 2.65 bits per heavy atom. The zero-order valence-corrected chi connectivity index (χ0v) is 17.1. The van der Waals surface area contributed by atoms with Gasteiger partial charge in [-0.15, -0.1) is 0 Å². The Labute approximate surface area is 177 Å². The number of carbonyl (C=O) groups is 1. The van der Waals surface area contributed by atoms with E-state index < -0.39 is 31.4 Å². The first-order chi connectivity index (χ1) is 14.8. The number of nitrogens with zero attached hydrogens (tertiary/aromatic N) is 2. The summed E-state index contributed by atoms with van der Waals surface area (Å²) >= 11 is 0. The molecular weight excluding hydrogens is 428 g/mol. The molecule has 31 heavy (non-hydrogen) atoms. The predicted octanol–water partition coefficient (Wildman–Crippen LogP) is 1.52. The molecule has 0 unspecified atom stereocenters. The number of fused-ring (bicyclic) bond motifs is 1. The highest BCUT2D eigenvalue weighted by atomic mass is 32.2. The lowest BCUT2D eigenvalue weighted by Gasteiger charge is -2.34. The third-order valence-corrected chi connectivity index (χ3v) is 7.12. The molecule has 3 heterocycles. The molecule has 1 aromatic carbocycles. The van der Waals surface area contributed by atoms with E-state index in [1.807, 2.05) is 0 Å². The molecule has 1 atom stereocenters. The van der Waals surface area contributed by atoms with Crippen molar-refractivity contribution in [3.8, 4) is 5.88 Å². The fourth-order valence-electron chi connectivity index (χ4n) is 3.79. The van der Waals surface area contributed by atoms with Crippen LogP contribution in [0.15, 0.2) is 40.3 Å². The first-order valence-corrected chi connectivity index (χ1v) is 11.1. The molecule has 1 amide bonds. The van der Waals surface area contributed by atoms with Crippen LogP contribution in [0.5, 0.6) is 5.88 Å². The second-order valence-corrected chi connectivity index (χ2v) is 9.16. The maximum absolute atomic E-state index is 13.1. The van der Waals surface area contributed by atoms with E-state index in [-0.39, 0.29) is 40.6 Å². The highest BCUT2D eigenvalue weighted by Gasteiger charge is 2.36. The predicted molar refractivity (Wildman–Crippen MR) is 108 cm³/mol. The molecule has 0 saturated carbocycles. The Morgan fingerprint density at radius 2 is 1.97 bits per heavy atom. The lowest BCUT2D eigenvalue weighted by atomic mass is 9.91. The van der Waals surface area contributed by atoms with E-state index >= 15 is 0 Å². The molecule has 2 aliphatic rings. The van der Waals surface area contributed by atoms with E-state index in [1.165, 1.54) is 24.3 Å². The molecule has 164 valence electrons. The minimum Gasteiger partial charge on any atom is -0.474 e. The van der Waals surface area contributed by atoms with E-state index in [9.17, 15) is 23.3 Å². The molecule has 2 aromatic rings. The van der Waals surface area contributed by atoms with Crippen LogP contribution in [0.4, 0.5) is 11.4 Å². The Balaban J connectivity index is 1.76. The van der Waals surface area contributed by atoms with Gasteiger partial charge in [0.1, 0.15) is 6.61 Å². The summed E-state index contributed by atoms with van der Waals surface area (Å²) in [6, 6.07) is 6.03. The summed E-state index contributed by atoms with van der Waals surface area (Å²) in [6.07, 6.45) is 1.57. The topological polar surface area (TPSA) is 164 Å². The van der Waals surface area contributed by atoms with E-state index in [2.05, 4.69) is 10.3 Å². The lowest BCUT2D eigenvalue weighted by molar-refractivity contribution is -0.384. The minimum atomic E-state index is -4.38. The second kappa shape index (κ2) is 8.12. The smallest absolute Gasteiger partial charge is 0.300 e. The summed E-state index contributed by atoms with van der Waals surface area (Å²) < 4.78 is 37.3. The number of sulfone groups is 1. The number of pyridine rings is 1. The van der Waals surface area contributed by atoms with Crippen molar-refractivity contribution in [2.24, 2.45) is 11.7 Å². The van der Waals surface area contributed by atoms with Crippen LogP contribution in [0.25, 0.3) is 0 Å². The average molecular weight is 448 g/mol. The summed E-state index contributed by atoms with van der Waals surface area (Å²) in [7, 11) is -4.38. The summed E-state index contributed by atoms with van der Waals surface area (Å²) in [5.74, 6) is -0.913. The monoisotopic (exact) mass is 448 g/mol. The quantitative estimate of drug-likeness (QED) is 0.510. The maximum atomic E-state index is 13.1. The zero-order valence-electron chi connectivity index (χ0n) is 16.3. The third-order valence-electron chi connectivity index (χ3n) is 5.42. The SMILES string of the molecule is NC(=O)c1ccccc1S(=O)(=O)c1cc([N+](=O)[O-])c2c(n1)OC[C@@H](C1CCOCC1)N2. The molecule has 11 nitrogen and oxygen atoms in total. The molecule has 4 rings (SSSR count). The molecule has 3 N–H and O–H groups in total. The average Bonchev–Trinajstić information content (AvgIpc) is 2.78. The number of hydrogen-bond donors (Lipinski definition) is 2. The van der Waals surface area contributed by atoms with Crippen molar-refractivity contribution in [2.45, 2.75) is 28.8 Å². The molecule has 0 aliphatic carbocycles. The normalized spacial score (nSPS) is 19.0. The summed E-state index contributed by atoms with van der Waals surface area (Å²) in [5.41, 5.74) is 4.62.